The average Bonchev–Trinajstić information content (AvgIpc) is 3.54. The summed E-state index contributed by atoms with van der Waals surface area (Å²) >= 11 is 0. The Morgan fingerprint density at radius 1 is 0.415 bits per heavy atom. The van der Waals surface area contributed by atoms with Gasteiger partial charge in [0, 0.05) is 32.3 Å². The van der Waals surface area contributed by atoms with Crippen LogP contribution in [-0.2, 0) is 5.41 Å². The summed E-state index contributed by atoms with van der Waals surface area (Å²) in [5, 5.41) is 9.93. The van der Waals surface area contributed by atoms with Gasteiger partial charge in [-0.05, 0) is 74.8 Å². The van der Waals surface area contributed by atoms with Crippen molar-refractivity contribution in [3.8, 4) is 16.8 Å². The Balaban J connectivity index is 1.16. The molecule has 2 heterocycles. The summed E-state index contributed by atoms with van der Waals surface area (Å²) in [4.78, 5) is 2.48. The van der Waals surface area contributed by atoms with Crippen molar-refractivity contribution in [3.05, 3.63) is 193 Å². The van der Waals surface area contributed by atoms with Crippen molar-refractivity contribution in [2.75, 3.05) is 4.90 Å². The quantitative estimate of drug-likeness (QED) is 0.180. The number of fused-ring (bicyclic) bond motifs is 8. The molecule has 10 aromatic rings. The lowest BCUT2D eigenvalue weighted by Gasteiger charge is -2.34. The molecule has 0 fully saturated rings. The minimum absolute atomic E-state index is 0.0879. The minimum atomic E-state index is -0.0879. The minimum Gasteiger partial charge on any atom is -0.309 e. The first-order valence-electron chi connectivity index (χ1n) is 18.5. The average molecular weight is 677 g/mol. The summed E-state index contributed by atoms with van der Waals surface area (Å²) in [5.74, 6) is 0. The van der Waals surface area contributed by atoms with Crippen molar-refractivity contribution < 1.29 is 0 Å². The summed E-state index contributed by atoms with van der Waals surface area (Å²) in [7, 11) is 0. The Bertz CT molecular complexity index is 3020. The number of anilines is 3. The molecule has 9 aromatic carbocycles. The van der Waals surface area contributed by atoms with E-state index in [0.717, 1.165) is 17.1 Å². The number of aromatic nitrogens is 1. The Kier molecular flexibility index (Phi) is 6.33. The number of nitrogens with zero attached hydrogens (tertiary/aromatic N) is 2. The lowest BCUT2D eigenvalue weighted by atomic mass is 9.75. The maximum atomic E-state index is 2.50. The Labute approximate surface area is 308 Å². The van der Waals surface area contributed by atoms with Crippen LogP contribution in [0.25, 0.3) is 70.9 Å². The van der Waals surface area contributed by atoms with Gasteiger partial charge in [0.05, 0.1) is 33.8 Å². The van der Waals surface area contributed by atoms with Gasteiger partial charge in [-0.1, -0.05) is 159 Å². The first-order valence-corrected chi connectivity index (χ1v) is 18.5. The maximum Gasteiger partial charge on any atom is 0.0582 e. The molecule has 0 N–H and O–H groups in total. The van der Waals surface area contributed by atoms with Crippen LogP contribution in [0.3, 0.4) is 0 Å². The summed E-state index contributed by atoms with van der Waals surface area (Å²) < 4.78 is 2.50. The largest absolute Gasteiger partial charge is 0.309 e. The van der Waals surface area contributed by atoms with Crippen LogP contribution < -0.4 is 4.90 Å². The molecule has 0 radical (unpaired) electrons. The van der Waals surface area contributed by atoms with Crippen LogP contribution in [0, 0.1) is 0 Å². The van der Waals surface area contributed by atoms with Gasteiger partial charge in [-0.3, -0.25) is 0 Å². The van der Waals surface area contributed by atoms with E-state index in [1.807, 2.05) is 0 Å². The molecule has 0 amide bonds. The van der Waals surface area contributed by atoms with Crippen molar-refractivity contribution in [1.82, 2.24) is 4.57 Å². The van der Waals surface area contributed by atoms with E-state index in [1.54, 1.807) is 0 Å². The third-order valence-electron chi connectivity index (χ3n) is 11.7. The van der Waals surface area contributed by atoms with Crippen LogP contribution >= 0.6 is 0 Å². The smallest absolute Gasteiger partial charge is 0.0582 e. The van der Waals surface area contributed by atoms with Gasteiger partial charge in [-0.15, -0.1) is 0 Å². The highest BCUT2D eigenvalue weighted by molar-refractivity contribution is 6.15. The molecule has 53 heavy (non-hydrogen) atoms. The molecule has 1 aliphatic heterocycles. The number of hydrogen-bond acceptors (Lipinski definition) is 1. The van der Waals surface area contributed by atoms with Crippen molar-refractivity contribution in [2.24, 2.45) is 0 Å². The lowest BCUT2D eigenvalue weighted by molar-refractivity contribution is 0.630. The molecule has 0 aliphatic carbocycles. The zero-order valence-electron chi connectivity index (χ0n) is 29.7. The third-order valence-corrected chi connectivity index (χ3v) is 11.7. The highest BCUT2D eigenvalue weighted by Gasteiger charge is 2.34. The molecule has 250 valence electrons. The summed E-state index contributed by atoms with van der Waals surface area (Å²) in [6, 6.07) is 67.2. The second kappa shape index (κ2) is 11.2. The molecule has 0 saturated carbocycles. The molecular formula is C51H36N2. The zero-order valence-corrected chi connectivity index (χ0v) is 29.7. The lowest BCUT2D eigenvalue weighted by Crippen LogP contribution is -2.26. The van der Waals surface area contributed by atoms with Gasteiger partial charge >= 0.3 is 0 Å². The van der Waals surface area contributed by atoms with Gasteiger partial charge in [0.2, 0.25) is 0 Å². The molecule has 1 aliphatic rings. The summed E-state index contributed by atoms with van der Waals surface area (Å²) in [6.45, 7) is 4.72. The van der Waals surface area contributed by atoms with E-state index in [1.165, 1.54) is 82.1 Å². The van der Waals surface area contributed by atoms with Gasteiger partial charge < -0.3 is 9.47 Å². The van der Waals surface area contributed by atoms with Crippen molar-refractivity contribution >= 4 is 71.2 Å². The predicted octanol–water partition coefficient (Wildman–Crippen LogP) is 14.0. The second-order valence-electron chi connectivity index (χ2n) is 14.9. The molecule has 2 nitrogen and oxygen atoms in total. The monoisotopic (exact) mass is 676 g/mol. The van der Waals surface area contributed by atoms with Crippen molar-refractivity contribution in [1.29, 1.82) is 0 Å². The van der Waals surface area contributed by atoms with E-state index in [4.69, 9.17) is 0 Å². The number of benzene rings is 9. The molecule has 0 bridgehead atoms. The number of para-hydroxylation sites is 2. The van der Waals surface area contributed by atoms with E-state index in [2.05, 4.69) is 205 Å². The van der Waals surface area contributed by atoms with Crippen LogP contribution in [-0.4, -0.2) is 4.57 Å². The normalized spacial score (nSPS) is 13.2. The van der Waals surface area contributed by atoms with Crippen LogP contribution in [0.2, 0.25) is 0 Å². The van der Waals surface area contributed by atoms with Crippen LogP contribution in [0.4, 0.5) is 17.1 Å². The number of rotatable bonds is 4. The van der Waals surface area contributed by atoms with E-state index >= 15 is 0 Å². The second-order valence-corrected chi connectivity index (χ2v) is 14.9. The highest BCUT2D eigenvalue weighted by atomic mass is 15.1. The molecule has 0 spiro atoms. The van der Waals surface area contributed by atoms with Gasteiger partial charge in [0.1, 0.15) is 0 Å². The van der Waals surface area contributed by atoms with Crippen LogP contribution in [0.1, 0.15) is 25.0 Å². The first kappa shape index (κ1) is 30.0. The van der Waals surface area contributed by atoms with Gasteiger partial charge in [0.25, 0.3) is 0 Å². The van der Waals surface area contributed by atoms with E-state index in [-0.39, 0.29) is 5.41 Å². The van der Waals surface area contributed by atoms with E-state index in [0.29, 0.717) is 0 Å². The third kappa shape index (κ3) is 4.27. The van der Waals surface area contributed by atoms with Crippen molar-refractivity contribution in [2.45, 2.75) is 19.3 Å². The van der Waals surface area contributed by atoms with E-state index < -0.39 is 0 Å². The van der Waals surface area contributed by atoms with Gasteiger partial charge in [-0.2, -0.15) is 0 Å². The molecule has 11 rings (SSSR count). The van der Waals surface area contributed by atoms with Crippen LogP contribution in [0.5, 0.6) is 0 Å². The Hall–Kier alpha value is -6.64. The van der Waals surface area contributed by atoms with Crippen LogP contribution in [0.15, 0.2) is 182 Å². The fourth-order valence-electron chi connectivity index (χ4n) is 9.26. The van der Waals surface area contributed by atoms with Gasteiger partial charge in [-0.25, -0.2) is 0 Å². The highest BCUT2D eigenvalue weighted by Crippen LogP contribution is 2.49. The molecule has 0 unspecified atom stereocenters. The molecule has 1 aromatic heterocycles. The molecule has 0 saturated heterocycles. The Morgan fingerprint density at radius 3 is 1.70 bits per heavy atom. The number of hydrogen-bond donors (Lipinski definition) is 0. The summed E-state index contributed by atoms with van der Waals surface area (Å²) in [6.07, 6.45) is 0. The standard InChI is InChI=1S/C51H36N2/c1-51(2)43-23-9-10-25-49(43)53-48-30-28-35(32-42(48)41-22-13-24-44(51)50(41)53)36-29-31-47(40-21-8-7-20-39(36)40)52(45-26-11-16-33-14-3-5-18-37(33)45)46-27-12-17-34-15-4-6-19-38(34)46/h3-32H,1-2H3. The van der Waals surface area contributed by atoms with Gasteiger partial charge in [0.15, 0.2) is 0 Å². The molecule has 0 atom stereocenters. The van der Waals surface area contributed by atoms with Crippen molar-refractivity contribution in [3.63, 3.8) is 0 Å². The summed E-state index contributed by atoms with van der Waals surface area (Å²) in [5.41, 5.74) is 12.4. The maximum absolute atomic E-state index is 2.50. The zero-order chi connectivity index (χ0) is 35.3. The fourth-order valence-corrected chi connectivity index (χ4v) is 9.26. The first-order chi connectivity index (χ1) is 26.1. The molecular weight excluding hydrogens is 641 g/mol. The Morgan fingerprint density at radius 2 is 0.962 bits per heavy atom. The predicted molar refractivity (Wildman–Crippen MR) is 226 cm³/mol. The fraction of sp³-hybridized carbons (Fsp3) is 0.0588. The van der Waals surface area contributed by atoms with E-state index in [9.17, 15) is 0 Å². The topological polar surface area (TPSA) is 8.17 Å². The SMILES string of the molecule is CC1(C)c2ccccc2-n2c3ccc(-c4ccc(N(c5cccc6ccccc56)c5cccc6ccccc56)c5ccccc45)cc3c3cccc1c32. The molecule has 2 heteroatoms.